The molecule has 0 aliphatic heterocycles. The van der Waals surface area contributed by atoms with Crippen molar-refractivity contribution in [2.24, 2.45) is 0 Å². The molecule has 0 radical (unpaired) electrons. The summed E-state index contributed by atoms with van der Waals surface area (Å²) in [5.41, 5.74) is -0.647. The maximum atomic E-state index is 10.5. The van der Waals surface area contributed by atoms with Crippen LogP contribution in [0.15, 0.2) is 18.2 Å². The van der Waals surface area contributed by atoms with Gasteiger partial charge in [-0.25, -0.2) is 0 Å². The average molecular weight is 235 g/mol. The van der Waals surface area contributed by atoms with Gasteiger partial charge in [0.1, 0.15) is 0 Å². The van der Waals surface area contributed by atoms with Crippen LogP contribution >= 0.6 is 0 Å². The van der Waals surface area contributed by atoms with E-state index in [0.29, 0.717) is 0 Å². The van der Waals surface area contributed by atoms with Crippen LogP contribution in [0, 0.1) is 10.1 Å². The molecular formula is C8H6KNO5. The van der Waals surface area contributed by atoms with Crippen LogP contribution in [0.2, 0.25) is 0 Å². The fraction of sp³-hybridized carbons (Fsp3) is 0.125. The molecule has 7 heteroatoms. The summed E-state index contributed by atoms with van der Waals surface area (Å²) in [7, 11) is 1.26. The second-order valence-electron chi connectivity index (χ2n) is 2.43. The molecule has 1 aromatic rings. The van der Waals surface area contributed by atoms with Crippen LogP contribution < -0.4 is 61.2 Å². The summed E-state index contributed by atoms with van der Waals surface area (Å²) in [6, 6.07) is 3.29. The molecular weight excluding hydrogens is 229 g/mol. The number of rotatable bonds is 3. The fourth-order valence-corrected chi connectivity index (χ4v) is 0.960. The quantitative estimate of drug-likeness (QED) is 0.316. The van der Waals surface area contributed by atoms with Crippen molar-refractivity contribution >= 4 is 11.7 Å². The molecule has 15 heavy (non-hydrogen) atoms. The van der Waals surface area contributed by atoms with E-state index in [1.54, 1.807) is 0 Å². The summed E-state index contributed by atoms with van der Waals surface area (Å²) < 4.78 is 4.69. The topological polar surface area (TPSA) is 92.5 Å². The molecule has 0 saturated heterocycles. The van der Waals surface area contributed by atoms with Crippen LogP contribution in [0.1, 0.15) is 10.4 Å². The molecule has 0 aliphatic carbocycles. The summed E-state index contributed by atoms with van der Waals surface area (Å²) in [6.45, 7) is 0. The van der Waals surface area contributed by atoms with E-state index in [1.807, 2.05) is 0 Å². The second-order valence-corrected chi connectivity index (χ2v) is 2.43. The number of carboxylic acid groups (broad SMARTS) is 1. The van der Waals surface area contributed by atoms with Gasteiger partial charge >= 0.3 is 57.1 Å². The third-order valence-electron chi connectivity index (χ3n) is 1.61. The van der Waals surface area contributed by atoms with E-state index in [2.05, 4.69) is 4.74 Å². The van der Waals surface area contributed by atoms with Gasteiger partial charge in [-0.05, 0) is 12.1 Å². The Labute approximate surface area is 128 Å². The van der Waals surface area contributed by atoms with Crippen molar-refractivity contribution in [3.8, 4) is 5.75 Å². The first kappa shape index (κ1) is 14.5. The van der Waals surface area contributed by atoms with Crippen molar-refractivity contribution < 1.29 is 70.9 Å². The zero-order valence-corrected chi connectivity index (χ0v) is 11.3. The zero-order valence-electron chi connectivity index (χ0n) is 8.22. The number of ether oxygens (including phenoxy) is 1. The smallest absolute Gasteiger partial charge is 0.545 e. The Morgan fingerprint density at radius 1 is 1.47 bits per heavy atom. The Kier molecular flexibility index (Phi) is 5.99. The molecule has 0 saturated carbocycles. The predicted molar refractivity (Wildman–Crippen MR) is 44.0 cm³/mol. The number of methoxy groups -OCH3 is 1. The third kappa shape index (κ3) is 3.54. The molecule has 0 unspecified atom stereocenters. The number of carboxylic acids is 1. The fourth-order valence-electron chi connectivity index (χ4n) is 0.960. The molecule has 0 aliphatic rings. The number of carbonyl (C=O) groups is 1. The van der Waals surface area contributed by atoms with E-state index >= 15 is 0 Å². The molecule has 0 N–H and O–H groups in total. The minimum atomic E-state index is -1.46. The Hall–Kier alpha value is -0.474. The SMILES string of the molecule is COc1ccc(C(=O)[O-])cc1[N+](=O)[O-].[K+]. The largest absolute Gasteiger partial charge is 1.00 e. The maximum Gasteiger partial charge on any atom is 1.00 e. The standard InChI is InChI=1S/C8H7NO5.K/c1-14-7-3-2-5(8(10)11)4-6(7)9(12)13;/h2-4H,1H3,(H,10,11);/q;+1/p-1. The van der Waals surface area contributed by atoms with Gasteiger partial charge in [-0.2, -0.15) is 0 Å². The number of nitro benzene ring substituents is 1. The number of nitro groups is 1. The first-order valence-corrected chi connectivity index (χ1v) is 3.60. The number of benzene rings is 1. The molecule has 0 spiro atoms. The number of carbonyl (C=O) groups excluding carboxylic acids is 1. The second kappa shape index (κ2) is 6.18. The van der Waals surface area contributed by atoms with Gasteiger partial charge in [-0.1, -0.05) is 0 Å². The van der Waals surface area contributed by atoms with Crippen molar-refractivity contribution in [2.45, 2.75) is 0 Å². The third-order valence-corrected chi connectivity index (χ3v) is 1.61. The van der Waals surface area contributed by atoms with Crippen LogP contribution in [0.25, 0.3) is 0 Å². The minimum absolute atomic E-state index is 0. The maximum absolute atomic E-state index is 10.5. The number of nitrogens with zero attached hydrogens (tertiary/aromatic N) is 1. The van der Waals surface area contributed by atoms with Gasteiger partial charge in [-0.15, -0.1) is 0 Å². The molecule has 1 rings (SSSR count). The summed E-state index contributed by atoms with van der Waals surface area (Å²) in [6.07, 6.45) is 0. The first-order chi connectivity index (χ1) is 6.56. The molecule has 1 aromatic carbocycles. The molecule has 0 atom stereocenters. The van der Waals surface area contributed by atoms with E-state index in [0.717, 1.165) is 6.07 Å². The Morgan fingerprint density at radius 2 is 2.07 bits per heavy atom. The van der Waals surface area contributed by atoms with Crippen molar-refractivity contribution in [3.05, 3.63) is 33.9 Å². The Balaban J connectivity index is 0.00000196. The normalized spacial score (nSPS) is 8.87. The number of hydrogen-bond acceptors (Lipinski definition) is 5. The molecule has 6 nitrogen and oxygen atoms in total. The van der Waals surface area contributed by atoms with Gasteiger partial charge in [0.15, 0.2) is 5.75 Å². The van der Waals surface area contributed by atoms with Crippen LogP contribution in [-0.2, 0) is 0 Å². The van der Waals surface area contributed by atoms with Gasteiger partial charge in [0.2, 0.25) is 0 Å². The van der Waals surface area contributed by atoms with Crippen LogP contribution in [0.5, 0.6) is 5.75 Å². The van der Waals surface area contributed by atoms with Gasteiger partial charge in [0, 0.05) is 11.6 Å². The molecule has 0 heterocycles. The minimum Gasteiger partial charge on any atom is -0.545 e. The Morgan fingerprint density at radius 3 is 2.47 bits per heavy atom. The molecule has 0 bridgehead atoms. The summed E-state index contributed by atoms with van der Waals surface area (Å²) in [4.78, 5) is 20.2. The Bertz CT molecular complexity index is 393. The van der Waals surface area contributed by atoms with Gasteiger partial charge in [0.05, 0.1) is 18.0 Å². The number of hydrogen-bond donors (Lipinski definition) is 0. The summed E-state index contributed by atoms with van der Waals surface area (Å²) in [5, 5.41) is 20.9. The van der Waals surface area contributed by atoms with E-state index in [9.17, 15) is 20.0 Å². The van der Waals surface area contributed by atoms with Crippen LogP contribution in [-0.4, -0.2) is 18.0 Å². The van der Waals surface area contributed by atoms with Crippen LogP contribution in [0.3, 0.4) is 0 Å². The molecule has 0 aromatic heterocycles. The summed E-state index contributed by atoms with van der Waals surface area (Å²) >= 11 is 0. The first-order valence-electron chi connectivity index (χ1n) is 3.60. The van der Waals surface area contributed by atoms with E-state index < -0.39 is 16.6 Å². The predicted octanol–water partition coefficient (Wildman–Crippen LogP) is -3.03. The molecule has 0 fully saturated rings. The average Bonchev–Trinajstić information content (AvgIpc) is 2.16. The van der Waals surface area contributed by atoms with Gasteiger partial charge in [0.25, 0.3) is 0 Å². The van der Waals surface area contributed by atoms with Crippen LogP contribution in [0.4, 0.5) is 5.69 Å². The van der Waals surface area contributed by atoms with E-state index in [1.165, 1.54) is 19.2 Å². The van der Waals surface area contributed by atoms with Gasteiger partial charge in [-0.3, -0.25) is 10.1 Å². The van der Waals surface area contributed by atoms with Crippen molar-refractivity contribution in [3.63, 3.8) is 0 Å². The summed E-state index contributed by atoms with van der Waals surface area (Å²) in [5.74, 6) is -1.45. The zero-order chi connectivity index (χ0) is 10.7. The number of aromatic carboxylic acids is 1. The van der Waals surface area contributed by atoms with Crippen molar-refractivity contribution in [1.29, 1.82) is 0 Å². The van der Waals surface area contributed by atoms with Crippen molar-refractivity contribution in [1.82, 2.24) is 0 Å². The monoisotopic (exact) mass is 235 g/mol. The molecule has 74 valence electrons. The molecule has 0 amide bonds. The van der Waals surface area contributed by atoms with E-state index in [-0.39, 0.29) is 62.7 Å². The van der Waals surface area contributed by atoms with E-state index in [4.69, 9.17) is 0 Å². The van der Waals surface area contributed by atoms with Gasteiger partial charge < -0.3 is 14.6 Å². The van der Waals surface area contributed by atoms with Crippen molar-refractivity contribution in [2.75, 3.05) is 7.11 Å².